The van der Waals surface area contributed by atoms with Gasteiger partial charge in [-0.05, 0) is 50.1 Å². The molecule has 8 heteroatoms. The van der Waals surface area contributed by atoms with Crippen LogP contribution in [0.1, 0.15) is 31.4 Å². The fourth-order valence-electron chi connectivity index (χ4n) is 5.06. The van der Waals surface area contributed by atoms with E-state index in [9.17, 15) is 10.1 Å². The lowest BCUT2D eigenvalue weighted by Crippen LogP contribution is -2.37. The van der Waals surface area contributed by atoms with E-state index in [0.717, 1.165) is 42.5 Å². The van der Waals surface area contributed by atoms with Crippen molar-refractivity contribution in [2.24, 2.45) is 11.8 Å². The summed E-state index contributed by atoms with van der Waals surface area (Å²) in [7, 11) is 2.18. The van der Waals surface area contributed by atoms with Crippen molar-refractivity contribution in [3.05, 3.63) is 42.4 Å². The van der Waals surface area contributed by atoms with Crippen LogP contribution in [0.15, 0.2) is 36.7 Å². The second-order valence-electron chi connectivity index (χ2n) is 9.24. The highest BCUT2D eigenvalue weighted by Crippen LogP contribution is 2.41. The Morgan fingerprint density at radius 3 is 2.88 bits per heavy atom. The molecule has 1 amide bonds. The highest BCUT2D eigenvalue weighted by molar-refractivity contribution is 5.93. The second kappa shape index (κ2) is 7.31. The maximum absolute atomic E-state index is 12.1. The Labute approximate surface area is 185 Å². The largest absolute Gasteiger partial charge is 0.488 e. The SMILES string of the molecule is CN1C[C@H]2C[C@@H]1C[C@H]2Oc1cnc(C#N)cc1-c1ccn2nc(NC(=O)C3CC3)cc2c1. The lowest BCUT2D eigenvalue weighted by Gasteiger charge is -2.29. The zero-order chi connectivity index (χ0) is 21.8. The molecule has 32 heavy (non-hydrogen) atoms. The summed E-state index contributed by atoms with van der Waals surface area (Å²) in [6.45, 7) is 1.06. The molecule has 3 atom stereocenters. The number of nitrogens with one attached hydrogen (secondary N) is 1. The Kier molecular flexibility index (Phi) is 4.40. The van der Waals surface area contributed by atoms with Crippen LogP contribution in [0.3, 0.4) is 0 Å². The number of nitriles is 1. The minimum Gasteiger partial charge on any atom is -0.488 e. The molecule has 2 saturated carbocycles. The van der Waals surface area contributed by atoms with E-state index in [1.165, 1.54) is 6.42 Å². The van der Waals surface area contributed by atoms with Crippen molar-refractivity contribution in [3.63, 3.8) is 0 Å². The van der Waals surface area contributed by atoms with Crippen LogP contribution in [0.25, 0.3) is 16.6 Å². The zero-order valence-corrected chi connectivity index (χ0v) is 17.9. The number of aromatic nitrogens is 3. The molecule has 1 N–H and O–H groups in total. The summed E-state index contributed by atoms with van der Waals surface area (Å²) < 4.78 is 8.21. The van der Waals surface area contributed by atoms with Crippen LogP contribution < -0.4 is 10.1 Å². The highest BCUT2D eigenvalue weighted by Gasteiger charge is 2.44. The number of likely N-dealkylation sites (tertiary alicyclic amines) is 1. The summed E-state index contributed by atoms with van der Waals surface area (Å²) in [6.07, 6.45) is 7.81. The first-order chi connectivity index (χ1) is 15.6. The van der Waals surface area contributed by atoms with Crippen molar-refractivity contribution in [2.75, 3.05) is 18.9 Å². The first kappa shape index (κ1) is 19.3. The topological polar surface area (TPSA) is 95.6 Å². The number of hydrogen-bond donors (Lipinski definition) is 1. The molecule has 4 heterocycles. The third-order valence-corrected chi connectivity index (χ3v) is 6.98. The first-order valence-corrected chi connectivity index (χ1v) is 11.1. The van der Waals surface area contributed by atoms with Gasteiger partial charge >= 0.3 is 0 Å². The van der Waals surface area contributed by atoms with E-state index in [4.69, 9.17) is 4.74 Å². The maximum atomic E-state index is 12.1. The van der Waals surface area contributed by atoms with E-state index in [-0.39, 0.29) is 17.9 Å². The van der Waals surface area contributed by atoms with Crippen molar-refractivity contribution in [1.82, 2.24) is 19.5 Å². The molecule has 0 aromatic carbocycles. The van der Waals surface area contributed by atoms with Crippen LogP contribution in [0, 0.1) is 23.2 Å². The molecule has 1 aliphatic heterocycles. The van der Waals surface area contributed by atoms with Crippen LogP contribution in [0.5, 0.6) is 5.75 Å². The minimum atomic E-state index is 0.0358. The molecule has 0 spiro atoms. The fraction of sp³-hybridized carbons (Fsp3) is 0.417. The smallest absolute Gasteiger partial charge is 0.228 e. The number of anilines is 1. The number of ether oxygens (including phenoxy) is 1. The summed E-state index contributed by atoms with van der Waals surface area (Å²) in [5.41, 5.74) is 2.98. The number of carbonyl (C=O) groups excluding carboxylic acids is 1. The average Bonchev–Trinajstić information content (AvgIpc) is 3.33. The van der Waals surface area contributed by atoms with Gasteiger partial charge in [-0.1, -0.05) is 0 Å². The number of carbonyl (C=O) groups is 1. The standard InChI is InChI=1S/C24H24N6O2/c1-29-13-16-7-18(29)9-21(16)32-22-12-26-17(11-25)8-20(22)15-4-5-30-19(6-15)10-23(28-30)27-24(31)14-2-3-14/h4-6,8,10,12,14,16,18,21H,2-3,7,9,13H2,1H3,(H,27,28,31)/t16-,18-,21-/m1/s1. The molecule has 1 saturated heterocycles. The number of amides is 1. The molecule has 0 unspecified atom stereocenters. The van der Waals surface area contributed by atoms with Gasteiger partial charge in [0.25, 0.3) is 0 Å². The van der Waals surface area contributed by atoms with Crippen molar-refractivity contribution >= 4 is 17.2 Å². The Morgan fingerprint density at radius 2 is 2.16 bits per heavy atom. The van der Waals surface area contributed by atoms with Gasteiger partial charge in [0.05, 0.1) is 11.7 Å². The van der Waals surface area contributed by atoms with E-state index >= 15 is 0 Å². The van der Waals surface area contributed by atoms with Crippen LogP contribution >= 0.6 is 0 Å². The Hall–Kier alpha value is -3.44. The number of piperidine rings is 1. The van der Waals surface area contributed by atoms with Gasteiger partial charge in [-0.2, -0.15) is 10.4 Å². The monoisotopic (exact) mass is 428 g/mol. The molecule has 8 nitrogen and oxygen atoms in total. The molecule has 3 aromatic rings. The van der Waals surface area contributed by atoms with E-state index in [1.54, 1.807) is 16.8 Å². The van der Waals surface area contributed by atoms with Crippen LogP contribution in [0.4, 0.5) is 5.82 Å². The average molecular weight is 428 g/mol. The van der Waals surface area contributed by atoms with Crippen LogP contribution in [0.2, 0.25) is 0 Å². The van der Waals surface area contributed by atoms with Gasteiger partial charge in [-0.3, -0.25) is 4.79 Å². The number of rotatable bonds is 5. The van der Waals surface area contributed by atoms with Crippen molar-refractivity contribution < 1.29 is 9.53 Å². The van der Waals surface area contributed by atoms with Gasteiger partial charge in [-0.25, -0.2) is 9.50 Å². The summed E-state index contributed by atoms with van der Waals surface area (Å²) in [4.78, 5) is 18.8. The van der Waals surface area contributed by atoms with Crippen molar-refractivity contribution in [2.45, 2.75) is 37.8 Å². The predicted molar refractivity (Wildman–Crippen MR) is 118 cm³/mol. The van der Waals surface area contributed by atoms with Crippen LogP contribution in [-0.2, 0) is 4.79 Å². The number of nitrogens with zero attached hydrogens (tertiary/aromatic N) is 5. The lowest BCUT2D eigenvalue weighted by atomic mass is 10.0. The molecule has 3 aromatic heterocycles. The van der Waals surface area contributed by atoms with Gasteiger partial charge in [0.15, 0.2) is 5.82 Å². The van der Waals surface area contributed by atoms with E-state index < -0.39 is 0 Å². The van der Waals surface area contributed by atoms with Gasteiger partial charge in [-0.15, -0.1) is 0 Å². The third-order valence-electron chi connectivity index (χ3n) is 6.98. The predicted octanol–water partition coefficient (Wildman–Crippen LogP) is 3.09. The highest BCUT2D eigenvalue weighted by atomic mass is 16.5. The second-order valence-corrected chi connectivity index (χ2v) is 9.24. The zero-order valence-electron chi connectivity index (χ0n) is 17.9. The summed E-state index contributed by atoms with van der Waals surface area (Å²) in [5.74, 6) is 1.95. The molecule has 2 bridgehead atoms. The molecule has 0 radical (unpaired) electrons. The Balaban J connectivity index is 1.31. The Morgan fingerprint density at radius 1 is 1.28 bits per heavy atom. The van der Waals surface area contributed by atoms with Gasteiger partial charge < -0.3 is 15.0 Å². The number of pyridine rings is 2. The molecule has 6 rings (SSSR count). The molecule has 2 aliphatic carbocycles. The summed E-state index contributed by atoms with van der Waals surface area (Å²) >= 11 is 0. The number of hydrogen-bond acceptors (Lipinski definition) is 6. The van der Waals surface area contributed by atoms with Crippen LogP contribution in [-0.4, -0.2) is 51.1 Å². The Bertz CT molecular complexity index is 1260. The lowest BCUT2D eigenvalue weighted by molar-refractivity contribution is -0.117. The fourth-order valence-corrected chi connectivity index (χ4v) is 5.06. The van der Waals surface area contributed by atoms with Crippen molar-refractivity contribution in [1.29, 1.82) is 5.26 Å². The quantitative estimate of drug-likeness (QED) is 0.671. The van der Waals surface area contributed by atoms with E-state index in [2.05, 4.69) is 33.4 Å². The van der Waals surface area contributed by atoms with Gasteiger partial charge in [0, 0.05) is 48.7 Å². The minimum absolute atomic E-state index is 0.0358. The summed E-state index contributed by atoms with van der Waals surface area (Å²) in [6, 6.07) is 10.3. The van der Waals surface area contributed by atoms with Crippen molar-refractivity contribution in [3.8, 4) is 22.9 Å². The normalized spacial score (nSPS) is 24.6. The number of fused-ring (bicyclic) bond motifs is 3. The van der Waals surface area contributed by atoms with Gasteiger partial charge in [0.1, 0.15) is 23.6 Å². The molecular weight excluding hydrogens is 404 g/mol. The van der Waals surface area contributed by atoms with Gasteiger partial charge in [0.2, 0.25) is 5.91 Å². The molecule has 162 valence electrons. The van der Waals surface area contributed by atoms with E-state index in [0.29, 0.717) is 29.2 Å². The van der Waals surface area contributed by atoms with E-state index in [1.807, 2.05) is 24.4 Å². The molecule has 3 aliphatic rings. The first-order valence-electron chi connectivity index (χ1n) is 11.1. The summed E-state index contributed by atoms with van der Waals surface area (Å²) in [5, 5.41) is 16.7. The molecular formula is C24H24N6O2. The maximum Gasteiger partial charge on any atom is 0.228 e. The third kappa shape index (κ3) is 3.39. The molecule has 3 fully saturated rings.